The lowest BCUT2D eigenvalue weighted by atomic mass is 9.79. The number of carboxylic acids is 1. The fourth-order valence-corrected chi connectivity index (χ4v) is 2.05. The number of carbonyl (C=O) groups is 1. The first-order chi connectivity index (χ1) is 6.48. The van der Waals surface area contributed by atoms with Crippen molar-refractivity contribution in [3.63, 3.8) is 0 Å². The van der Waals surface area contributed by atoms with Crippen molar-refractivity contribution in [2.24, 2.45) is 11.8 Å². The maximum atomic E-state index is 10.9. The van der Waals surface area contributed by atoms with Crippen LogP contribution in [0.3, 0.4) is 0 Å². The predicted octanol–water partition coefficient (Wildman–Crippen LogP) is 2.30. The van der Waals surface area contributed by atoms with E-state index in [1.165, 1.54) is 0 Å². The smallest absolute Gasteiger partial charge is 0.306 e. The van der Waals surface area contributed by atoms with Gasteiger partial charge in [-0.05, 0) is 32.1 Å². The highest BCUT2D eigenvalue weighted by Gasteiger charge is 2.36. The Balaban J connectivity index is 2.60. The number of rotatable bonds is 3. The van der Waals surface area contributed by atoms with Crippen LogP contribution in [0.25, 0.3) is 0 Å². The van der Waals surface area contributed by atoms with Crippen molar-refractivity contribution in [1.82, 2.24) is 0 Å². The molecule has 0 amide bonds. The molecule has 0 spiro atoms. The largest absolute Gasteiger partial charge is 0.481 e. The lowest BCUT2D eigenvalue weighted by molar-refractivity contribution is -0.148. The first-order valence-electron chi connectivity index (χ1n) is 5.35. The summed E-state index contributed by atoms with van der Waals surface area (Å²) >= 11 is 0. The Morgan fingerprint density at radius 1 is 1.71 bits per heavy atom. The fraction of sp³-hybridized carbons (Fsp3) is 0.909. The number of ether oxygens (including phenoxy) is 1. The molecule has 3 atom stereocenters. The van der Waals surface area contributed by atoms with Crippen molar-refractivity contribution in [2.45, 2.75) is 45.6 Å². The van der Waals surface area contributed by atoms with Crippen LogP contribution in [-0.4, -0.2) is 23.3 Å². The lowest BCUT2D eigenvalue weighted by Crippen LogP contribution is -2.39. The Labute approximate surface area is 85.5 Å². The van der Waals surface area contributed by atoms with Gasteiger partial charge in [-0.15, -0.1) is 0 Å². The van der Waals surface area contributed by atoms with Crippen molar-refractivity contribution in [1.29, 1.82) is 0 Å². The monoisotopic (exact) mass is 200 g/mol. The van der Waals surface area contributed by atoms with Gasteiger partial charge in [0.05, 0.1) is 11.5 Å². The normalized spacial score (nSPS) is 35.2. The molecule has 82 valence electrons. The topological polar surface area (TPSA) is 46.5 Å². The average molecular weight is 200 g/mol. The van der Waals surface area contributed by atoms with E-state index in [4.69, 9.17) is 9.84 Å². The quantitative estimate of drug-likeness (QED) is 0.760. The van der Waals surface area contributed by atoms with Gasteiger partial charge in [-0.2, -0.15) is 0 Å². The minimum absolute atomic E-state index is 0.105. The van der Waals surface area contributed by atoms with Crippen LogP contribution >= 0.6 is 0 Å². The minimum Gasteiger partial charge on any atom is -0.481 e. The fourth-order valence-electron chi connectivity index (χ4n) is 2.05. The molecule has 0 bridgehead atoms. The van der Waals surface area contributed by atoms with E-state index in [0.717, 1.165) is 19.3 Å². The van der Waals surface area contributed by atoms with Gasteiger partial charge >= 0.3 is 5.97 Å². The summed E-state index contributed by atoms with van der Waals surface area (Å²) in [5, 5.41) is 8.94. The van der Waals surface area contributed by atoms with Crippen LogP contribution in [0.5, 0.6) is 0 Å². The molecule has 1 N–H and O–H groups in total. The van der Waals surface area contributed by atoms with E-state index < -0.39 is 5.97 Å². The van der Waals surface area contributed by atoms with Crippen molar-refractivity contribution < 1.29 is 14.6 Å². The Morgan fingerprint density at radius 2 is 2.36 bits per heavy atom. The lowest BCUT2D eigenvalue weighted by Gasteiger charge is -2.39. The predicted molar refractivity (Wildman–Crippen MR) is 54.2 cm³/mol. The first kappa shape index (κ1) is 11.5. The van der Waals surface area contributed by atoms with Crippen LogP contribution in [0, 0.1) is 11.8 Å². The van der Waals surface area contributed by atoms with Crippen LogP contribution in [0.15, 0.2) is 0 Å². The number of carboxylic acid groups (broad SMARTS) is 1. The molecule has 0 aromatic rings. The molecule has 14 heavy (non-hydrogen) atoms. The van der Waals surface area contributed by atoms with Crippen LogP contribution in [0.2, 0.25) is 0 Å². The molecule has 3 nitrogen and oxygen atoms in total. The van der Waals surface area contributed by atoms with Crippen LogP contribution in [0.4, 0.5) is 0 Å². The van der Waals surface area contributed by atoms with Crippen molar-refractivity contribution in [3.05, 3.63) is 0 Å². The molecule has 0 aromatic heterocycles. The first-order valence-corrected chi connectivity index (χ1v) is 5.35. The highest BCUT2D eigenvalue weighted by atomic mass is 16.5. The SMILES string of the molecule is CCC1(C)CC(C(C)C(=O)O)CCO1. The zero-order valence-corrected chi connectivity index (χ0v) is 9.25. The maximum Gasteiger partial charge on any atom is 0.306 e. The zero-order valence-electron chi connectivity index (χ0n) is 9.25. The molecule has 0 radical (unpaired) electrons. The van der Waals surface area contributed by atoms with Crippen molar-refractivity contribution >= 4 is 5.97 Å². The Morgan fingerprint density at radius 3 is 2.86 bits per heavy atom. The van der Waals surface area contributed by atoms with E-state index in [0.29, 0.717) is 6.61 Å². The molecule has 1 rings (SSSR count). The molecule has 0 aromatic carbocycles. The summed E-state index contributed by atoms with van der Waals surface area (Å²) in [5.41, 5.74) is -0.105. The van der Waals surface area contributed by atoms with E-state index in [1.54, 1.807) is 6.92 Å². The third-order valence-corrected chi connectivity index (χ3v) is 3.48. The van der Waals surface area contributed by atoms with Crippen LogP contribution in [-0.2, 0) is 9.53 Å². The summed E-state index contributed by atoms with van der Waals surface area (Å²) in [6, 6.07) is 0. The summed E-state index contributed by atoms with van der Waals surface area (Å²) in [7, 11) is 0. The van der Waals surface area contributed by atoms with Crippen molar-refractivity contribution in [3.8, 4) is 0 Å². The Hall–Kier alpha value is -0.570. The summed E-state index contributed by atoms with van der Waals surface area (Å²) in [5.74, 6) is -0.661. The Kier molecular flexibility index (Phi) is 3.53. The number of hydrogen-bond donors (Lipinski definition) is 1. The second-order valence-electron chi connectivity index (χ2n) is 4.53. The Bertz CT molecular complexity index is 215. The number of aliphatic carboxylic acids is 1. The van der Waals surface area contributed by atoms with Crippen molar-refractivity contribution in [2.75, 3.05) is 6.61 Å². The van der Waals surface area contributed by atoms with Gasteiger partial charge in [0.1, 0.15) is 0 Å². The van der Waals surface area contributed by atoms with E-state index in [9.17, 15) is 4.79 Å². The van der Waals surface area contributed by atoms with E-state index in [2.05, 4.69) is 13.8 Å². The molecular weight excluding hydrogens is 180 g/mol. The molecule has 0 aliphatic carbocycles. The second-order valence-corrected chi connectivity index (χ2v) is 4.53. The van der Waals surface area contributed by atoms with Gasteiger partial charge in [0.2, 0.25) is 0 Å². The van der Waals surface area contributed by atoms with E-state index in [-0.39, 0.29) is 17.4 Å². The molecule has 1 heterocycles. The minimum atomic E-state index is -0.685. The summed E-state index contributed by atoms with van der Waals surface area (Å²) in [4.78, 5) is 10.9. The van der Waals surface area contributed by atoms with Gasteiger partial charge in [-0.3, -0.25) is 4.79 Å². The van der Waals surface area contributed by atoms with E-state index in [1.807, 2.05) is 0 Å². The van der Waals surface area contributed by atoms with Gasteiger partial charge in [-0.25, -0.2) is 0 Å². The zero-order chi connectivity index (χ0) is 10.8. The van der Waals surface area contributed by atoms with Gasteiger partial charge in [-0.1, -0.05) is 13.8 Å². The van der Waals surface area contributed by atoms with Gasteiger partial charge in [0.25, 0.3) is 0 Å². The molecule has 0 saturated carbocycles. The molecule has 3 heteroatoms. The molecule has 3 unspecified atom stereocenters. The van der Waals surface area contributed by atoms with Crippen LogP contribution in [0.1, 0.15) is 40.0 Å². The average Bonchev–Trinajstić information content (AvgIpc) is 2.16. The molecular formula is C11H20O3. The van der Waals surface area contributed by atoms with Gasteiger partial charge < -0.3 is 9.84 Å². The summed E-state index contributed by atoms with van der Waals surface area (Å²) in [6.07, 6.45) is 2.70. The summed E-state index contributed by atoms with van der Waals surface area (Å²) in [6.45, 7) is 6.67. The third-order valence-electron chi connectivity index (χ3n) is 3.48. The molecule has 1 saturated heterocycles. The van der Waals surface area contributed by atoms with E-state index >= 15 is 0 Å². The second kappa shape index (κ2) is 4.30. The highest BCUT2D eigenvalue weighted by Crippen LogP contribution is 2.35. The molecule has 1 aliphatic heterocycles. The maximum absolute atomic E-state index is 10.9. The standard InChI is InChI=1S/C11H20O3/c1-4-11(3)7-9(5-6-14-11)8(2)10(12)13/h8-9H,4-7H2,1-3H3,(H,12,13). The van der Waals surface area contributed by atoms with Gasteiger partial charge in [0.15, 0.2) is 0 Å². The highest BCUT2D eigenvalue weighted by molar-refractivity contribution is 5.69. The number of hydrogen-bond acceptors (Lipinski definition) is 2. The van der Waals surface area contributed by atoms with Crippen LogP contribution < -0.4 is 0 Å². The van der Waals surface area contributed by atoms with Gasteiger partial charge in [0, 0.05) is 6.61 Å². The molecule has 1 fully saturated rings. The summed E-state index contributed by atoms with van der Waals surface area (Å²) < 4.78 is 5.68. The third kappa shape index (κ3) is 2.47. The molecule has 1 aliphatic rings.